The van der Waals surface area contributed by atoms with E-state index in [0.29, 0.717) is 0 Å². The molecular formula is C15H10Cl2F3N3O3. The van der Waals surface area contributed by atoms with Crippen LogP contribution in [0.1, 0.15) is 21.6 Å². The Morgan fingerprint density at radius 1 is 1.31 bits per heavy atom. The van der Waals surface area contributed by atoms with Crippen molar-refractivity contribution in [1.29, 1.82) is 0 Å². The van der Waals surface area contributed by atoms with Gasteiger partial charge in [-0.15, -0.1) is 0 Å². The lowest BCUT2D eigenvalue weighted by atomic mass is 9.93. The maximum Gasteiger partial charge on any atom is 0.428 e. The van der Waals surface area contributed by atoms with Gasteiger partial charge in [0.1, 0.15) is 5.56 Å². The van der Waals surface area contributed by atoms with E-state index in [4.69, 9.17) is 33.1 Å². The first kappa shape index (κ1) is 18.6. The molecule has 1 aliphatic heterocycles. The Kier molecular flexibility index (Phi) is 4.41. The van der Waals surface area contributed by atoms with Crippen LogP contribution in [0.4, 0.5) is 13.2 Å². The van der Waals surface area contributed by atoms with Crippen LogP contribution in [0.25, 0.3) is 5.82 Å². The molecule has 1 aromatic carbocycles. The minimum Gasteiger partial charge on any atom is -0.478 e. The third-order valence-corrected chi connectivity index (χ3v) is 4.18. The van der Waals surface area contributed by atoms with Crippen LogP contribution >= 0.6 is 23.2 Å². The number of aromatic nitrogens is 2. The SMILES string of the molecule is Cc1nn(C2=CC(c3cc(Cl)cc(Cl)c3)(C(F)(F)F)ON2)cc1C(=O)O. The van der Waals surface area contributed by atoms with Gasteiger partial charge in [-0.3, -0.25) is 0 Å². The van der Waals surface area contributed by atoms with Gasteiger partial charge in [-0.25, -0.2) is 19.8 Å². The first-order valence-electron chi connectivity index (χ1n) is 7.03. The highest BCUT2D eigenvalue weighted by Crippen LogP contribution is 2.47. The van der Waals surface area contributed by atoms with Crippen LogP contribution in [-0.4, -0.2) is 27.0 Å². The van der Waals surface area contributed by atoms with Gasteiger partial charge in [0, 0.05) is 27.9 Å². The van der Waals surface area contributed by atoms with E-state index in [-0.39, 0.29) is 32.7 Å². The van der Waals surface area contributed by atoms with Gasteiger partial charge in [-0.2, -0.15) is 18.3 Å². The maximum absolute atomic E-state index is 13.8. The van der Waals surface area contributed by atoms with Crippen LogP contribution in [-0.2, 0) is 10.4 Å². The van der Waals surface area contributed by atoms with Gasteiger partial charge in [-0.05, 0) is 25.1 Å². The number of carbonyl (C=O) groups is 1. The molecular weight excluding hydrogens is 398 g/mol. The lowest BCUT2D eigenvalue weighted by molar-refractivity contribution is -0.269. The minimum atomic E-state index is -4.87. The number of rotatable bonds is 3. The molecule has 1 unspecified atom stereocenters. The summed E-state index contributed by atoms with van der Waals surface area (Å²) in [6.07, 6.45) is -3.04. The van der Waals surface area contributed by atoms with Gasteiger partial charge in [0.15, 0.2) is 5.82 Å². The Morgan fingerprint density at radius 3 is 2.42 bits per heavy atom. The Bertz CT molecular complexity index is 906. The number of nitrogens with zero attached hydrogens (tertiary/aromatic N) is 2. The number of hydrogen-bond acceptors (Lipinski definition) is 4. The molecule has 138 valence electrons. The third kappa shape index (κ3) is 3.02. The predicted octanol–water partition coefficient (Wildman–Crippen LogP) is 3.99. The summed E-state index contributed by atoms with van der Waals surface area (Å²) in [6.45, 7) is 1.42. The van der Waals surface area contributed by atoms with Crippen LogP contribution in [0.3, 0.4) is 0 Å². The highest BCUT2D eigenvalue weighted by Gasteiger charge is 2.60. The van der Waals surface area contributed by atoms with E-state index in [9.17, 15) is 18.0 Å². The number of hydroxylamine groups is 1. The zero-order valence-electron chi connectivity index (χ0n) is 12.9. The molecule has 11 heteroatoms. The van der Waals surface area contributed by atoms with Crippen LogP contribution < -0.4 is 5.48 Å². The molecule has 0 fully saturated rings. The average molecular weight is 408 g/mol. The van der Waals surface area contributed by atoms with E-state index >= 15 is 0 Å². The molecule has 26 heavy (non-hydrogen) atoms. The summed E-state index contributed by atoms with van der Waals surface area (Å²) in [5, 5.41) is 13.0. The molecule has 2 aromatic rings. The summed E-state index contributed by atoms with van der Waals surface area (Å²) in [7, 11) is 0. The monoisotopic (exact) mass is 407 g/mol. The molecule has 2 heterocycles. The molecule has 0 amide bonds. The van der Waals surface area contributed by atoms with E-state index in [0.717, 1.165) is 29.1 Å². The number of alkyl halides is 3. The quantitative estimate of drug-likeness (QED) is 0.804. The molecule has 3 rings (SSSR count). The van der Waals surface area contributed by atoms with Crippen LogP contribution in [0, 0.1) is 6.92 Å². The summed E-state index contributed by atoms with van der Waals surface area (Å²) < 4.78 is 42.5. The molecule has 0 saturated carbocycles. The van der Waals surface area contributed by atoms with Crippen molar-refractivity contribution in [2.45, 2.75) is 18.7 Å². The van der Waals surface area contributed by atoms with Crippen LogP contribution in [0.2, 0.25) is 10.0 Å². The summed E-state index contributed by atoms with van der Waals surface area (Å²) in [4.78, 5) is 16.0. The second-order valence-electron chi connectivity index (χ2n) is 5.50. The normalized spacial score (nSPS) is 20.0. The number of halogens is 5. The maximum atomic E-state index is 13.8. The lowest BCUT2D eigenvalue weighted by Crippen LogP contribution is -2.42. The van der Waals surface area contributed by atoms with Crippen molar-refractivity contribution >= 4 is 35.0 Å². The number of hydrogen-bond donors (Lipinski definition) is 2. The number of carboxylic acid groups (broad SMARTS) is 1. The zero-order valence-corrected chi connectivity index (χ0v) is 14.4. The van der Waals surface area contributed by atoms with Crippen molar-refractivity contribution in [3.63, 3.8) is 0 Å². The molecule has 0 aliphatic carbocycles. The largest absolute Gasteiger partial charge is 0.478 e. The standard InChI is InChI=1S/C15H10Cl2F3N3O3/c1-7-11(13(24)25)6-23(21-7)12-5-14(26-22-12,15(18,19)20)8-2-9(16)4-10(17)3-8/h2-6,22H,1H3,(H,24,25). The fourth-order valence-corrected chi connectivity index (χ4v) is 3.03. The van der Waals surface area contributed by atoms with E-state index in [1.54, 1.807) is 0 Å². The third-order valence-electron chi connectivity index (χ3n) is 3.75. The molecule has 0 spiro atoms. The Hall–Kier alpha value is -2.23. The Labute approximate surface area is 154 Å². The number of benzene rings is 1. The number of nitrogens with one attached hydrogen (secondary N) is 1. The summed E-state index contributed by atoms with van der Waals surface area (Å²) in [6, 6.07) is 3.46. The highest BCUT2D eigenvalue weighted by molar-refractivity contribution is 6.34. The molecule has 2 N–H and O–H groups in total. The summed E-state index contributed by atoms with van der Waals surface area (Å²) >= 11 is 11.6. The first-order valence-corrected chi connectivity index (χ1v) is 7.79. The molecule has 6 nitrogen and oxygen atoms in total. The lowest BCUT2D eigenvalue weighted by Gasteiger charge is -2.28. The second kappa shape index (κ2) is 6.19. The molecule has 0 radical (unpaired) electrons. The first-order chi connectivity index (χ1) is 12.0. The number of aromatic carboxylic acids is 1. The molecule has 1 atom stereocenters. The Morgan fingerprint density at radius 2 is 1.92 bits per heavy atom. The van der Waals surface area contributed by atoms with Crippen molar-refractivity contribution in [1.82, 2.24) is 15.3 Å². The van der Waals surface area contributed by atoms with Crippen molar-refractivity contribution in [2.75, 3.05) is 0 Å². The van der Waals surface area contributed by atoms with Crippen LogP contribution in [0.15, 0.2) is 30.5 Å². The van der Waals surface area contributed by atoms with E-state index < -0.39 is 17.7 Å². The summed E-state index contributed by atoms with van der Waals surface area (Å²) in [5.41, 5.74) is -1.08. The summed E-state index contributed by atoms with van der Waals surface area (Å²) in [5.74, 6) is -1.45. The fourth-order valence-electron chi connectivity index (χ4n) is 2.50. The topological polar surface area (TPSA) is 76.4 Å². The number of aryl methyl sites for hydroxylation is 1. The average Bonchev–Trinajstić information content (AvgIpc) is 3.10. The van der Waals surface area contributed by atoms with Gasteiger partial charge in [0.25, 0.3) is 0 Å². The van der Waals surface area contributed by atoms with Crippen molar-refractivity contribution in [2.24, 2.45) is 0 Å². The Balaban J connectivity index is 2.14. The molecule has 0 bridgehead atoms. The van der Waals surface area contributed by atoms with E-state index in [1.807, 2.05) is 0 Å². The highest BCUT2D eigenvalue weighted by atomic mass is 35.5. The van der Waals surface area contributed by atoms with Gasteiger partial charge >= 0.3 is 12.1 Å². The van der Waals surface area contributed by atoms with Crippen LogP contribution in [0.5, 0.6) is 0 Å². The predicted molar refractivity (Wildman–Crippen MR) is 86.6 cm³/mol. The van der Waals surface area contributed by atoms with Gasteiger partial charge in [0.2, 0.25) is 5.60 Å². The molecule has 0 saturated heterocycles. The van der Waals surface area contributed by atoms with Gasteiger partial charge < -0.3 is 5.11 Å². The number of carboxylic acids is 1. The minimum absolute atomic E-state index is 0.00433. The van der Waals surface area contributed by atoms with E-state index in [2.05, 4.69) is 10.6 Å². The second-order valence-corrected chi connectivity index (χ2v) is 6.38. The smallest absolute Gasteiger partial charge is 0.428 e. The molecule has 1 aliphatic rings. The fraction of sp³-hybridized carbons (Fsp3) is 0.200. The van der Waals surface area contributed by atoms with Gasteiger partial charge in [-0.1, -0.05) is 23.2 Å². The van der Waals surface area contributed by atoms with Crippen molar-refractivity contribution in [3.05, 3.63) is 57.3 Å². The van der Waals surface area contributed by atoms with Gasteiger partial charge in [0.05, 0.1) is 5.69 Å². The molecule has 1 aromatic heterocycles. The van der Waals surface area contributed by atoms with E-state index in [1.165, 1.54) is 13.0 Å². The zero-order chi connectivity index (χ0) is 19.3. The van der Waals surface area contributed by atoms with Crippen molar-refractivity contribution < 1.29 is 27.9 Å². The van der Waals surface area contributed by atoms with Crippen molar-refractivity contribution in [3.8, 4) is 0 Å².